The van der Waals surface area contributed by atoms with Gasteiger partial charge in [0.2, 0.25) is 0 Å². The van der Waals surface area contributed by atoms with Crippen molar-refractivity contribution in [3.63, 3.8) is 0 Å². The molecule has 0 aliphatic rings. The number of hydrogen-bond acceptors (Lipinski definition) is 5. The predicted octanol–water partition coefficient (Wildman–Crippen LogP) is 5.62. The van der Waals surface area contributed by atoms with Crippen LogP contribution in [0.4, 0.5) is 0 Å². The number of carbonyl (C=O) groups is 3. The molecule has 1 atom stereocenters. The molecular formula is C25H24ClNO5. The molecule has 7 heteroatoms. The van der Waals surface area contributed by atoms with E-state index in [-0.39, 0.29) is 24.1 Å². The van der Waals surface area contributed by atoms with E-state index in [2.05, 4.69) is 5.32 Å². The van der Waals surface area contributed by atoms with Gasteiger partial charge in [0.1, 0.15) is 5.76 Å². The number of halogens is 1. The minimum atomic E-state index is -0.689. The summed E-state index contributed by atoms with van der Waals surface area (Å²) in [6, 6.07) is 16.5. The van der Waals surface area contributed by atoms with Gasteiger partial charge in [0, 0.05) is 16.1 Å². The number of amides is 1. The molecule has 0 aliphatic heterocycles. The largest absolute Gasteiger partial charge is 0.463 e. The zero-order valence-electron chi connectivity index (χ0n) is 18.1. The van der Waals surface area contributed by atoms with Crippen LogP contribution in [0.2, 0.25) is 5.02 Å². The molecule has 6 nitrogen and oxygen atoms in total. The first kappa shape index (κ1) is 23.3. The van der Waals surface area contributed by atoms with Crippen LogP contribution >= 0.6 is 11.6 Å². The number of benzene rings is 2. The Labute approximate surface area is 191 Å². The molecule has 3 rings (SSSR count). The summed E-state index contributed by atoms with van der Waals surface area (Å²) in [4.78, 5) is 36.6. The minimum Gasteiger partial charge on any atom is -0.463 e. The van der Waals surface area contributed by atoms with Crippen molar-refractivity contribution < 1.29 is 23.5 Å². The highest BCUT2D eigenvalue weighted by atomic mass is 35.5. The number of Topliss-reactive ketones (excluding diaryl/α,β-unsaturated/α-hetero) is 1. The molecule has 1 N–H and O–H groups in total. The smallest absolute Gasteiger partial charge is 0.308 e. The molecule has 32 heavy (non-hydrogen) atoms. The number of carbonyl (C=O) groups excluding carboxylic acids is 3. The van der Waals surface area contributed by atoms with Gasteiger partial charge in [0.25, 0.3) is 5.91 Å². The summed E-state index contributed by atoms with van der Waals surface area (Å²) < 4.78 is 11.0. The van der Waals surface area contributed by atoms with E-state index in [1.54, 1.807) is 74.5 Å². The van der Waals surface area contributed by atoms with Crippen molar-refractivity contribution in [2.45, 2.75) is 39.3 Å². The van der Waals surface area contributed by atoms with Crippen LogP contribution in [-0.4, -0.2) is 23.8 Å². The second-order valence-corrected chi connectivity index (χ2v) is 7.99. The molecule has 2 aromatic carbocycles. The monoisotopic (exact) mass is 453 g/mol. The summed E-state index contributed by atoms with van der Waals surface area (Å²) in [6.07, 6.45) is -0.347. The van der Waals surface area contributed by atoms with Gasteiger partial charge in [-0.2, -0.15) is 0 Å². The van der Waals surface area contributed by atoms with Gasteiger partial charge >= 0.3 is 5.97 Å². The maximum Gasteiger partial charge on any atom is 0.308 e. The number of hydrogen-bond donors (Lipinski definition) is 1. The quantitative estimate of drug-likeness (QED) is 0.353. The molecular weight excluding hydrogens is 430 g/mol. The molecule has 0 spiro atoms. The lowest BCUT2D eigenvalue weighted by atomic mass is 10.0. The first-order chi connectivity index (χ1) is 15.2. The van der Waals surface area contributed by atoms with Crippen LogP contribution in [0.15, 0.2) is 65.1 Å². The van der Waals surface area contributed by atoms with Gasteiger partial charge in [0.15, 0.2) is 11.5 Å². The van der Waals surface area contributed by atoms with E-state index in [9.17, 15) is 14.4 Å². The van der Waals surface area contributed by atoms with E-state index in [4.69, 9.17) is 20.8 Å². The van der Waals surface area contributed by atoms with Gasteiger partial charge in [-0.05, 0) is 44.5 Å². The molecule has 1 heterocycles. The molecule has 166 valence electrons. The van der Waals surface area contributed by atoms with E-state index < -0.39 is 17.9 Å². The Kier molecular flexibility index (Phi) is 7.49. The number of nitrogens with one attached hydrogen (secondary N) is 1. The summed E-state index contributed by atoms with van der Waals surface area (Å²) in [6.45, 7) is 5.01. The molecule has 0 aliphatic carbocycles. The van der Waals surface area contributed by atoms with E-state index in [0.717, 1.165) is 5.56 Å². The number of rotatable bonds is 8. The van der Waals surface area contributed by atoms with Crippen molar-refractivity contribution in [1.29, 1.82) is 0 Å². The fourth-order valence-corrected chi connectivity index (χ4v) is 3.46. The Balaban J connectivity index is 1.79. The van der Waals surface area contributed by atoms with Crippen LogP contribution < -0.4 is 5.32 Å². The van der Waals surface area contributed by atoms with Gasteiger partial charge in [0.05, 0.1) is 18.6 Å². The first-order valence-electron chi connectivity index (χ1n) is 10.2. The Morgan fingerprint density at radius 1 is 1.00 bits per heavy atom. The fraction of sp³-hybridized carbons (Fsp3) is 0.240. The van der Waals surface area contributed by atoms with Crippen LogP contribution in [-0.2, 0) is 9.53 Å². The van der Waals surface area contributed by atoms with Crippen LogP contribution in [0.25, 0.3) is 11.3 Å². The molecule has 3 aromatic rings. The van der Waals surface area contributed by atoms with Crippen molar-refractivity contribution in [2.75, 3.05) is 0 Å². The van der Waals surface area contributed by atoms with Crippen LogP contribution in [0.5, 0.6) is 0 Å². The maximum absolute atomic E-state index is 12.9. The third-order valence-electron chi connectivity index (χ3n) is 4.73. The van der Waals surface area contributed by atoms with Crippen molar-refractivity contribution in [3.8, 4) is 11.3 Å². The minimum absolute atomic E-state index is 0.0299. The van der Waals surface area contributed by atoms with E-state index in [0.29, 0.717) is 21.9 Å². The van der Waals surface area contributed by atoms with E-state index >= 15 is 0 Å². The van der Waals surface area contributed by atoms with Gasteiger partial charge in [-0.15, -0.1) is 0 Å². The average molecular weight is 454 g/mol. The molecule has 0 bridgehead atoms. The first-order valence-corrected chi connectivity index (χ1v) is 10.6. The highest BCUT2D eigenvalue weighted by Gasteiger charge is 2.24. The highest BCUT2D eigenvalue weighted by molar-refractivity contribution is 6.31. The molecule has 0 saturated heterocycles. The molecule has 1 amide bonds. The molecule has 0 saturated carbocycles. The number of ketones is 1. The molecule has 1 aromatic heterocycles. The van der Waals surface area contributed by atoms with Crippen molar-refractivity contribution >= 4 is 29.3 Å². The van der Waals surface area contributed by atoms with Crippen LogP contribution in [0.3, 0.4) is 0 Å². The van der Waals surface area contributed by atoms with Crippen molar-refractivity contribution in [3.05, 3.63) is 82.6 Å². The summed E-state index contributed by atoms with van der Waals surface area (Å²) in [7, 11) is 0. The third-order valence-corrected chi connectivity index (χ3v) is 5.07. The Morgan fingerprint density at radius 2 is 1.69 bits per heavy atom. The third kappa shape index (κ3) is 5.86. The van der Waals surface area contributed by atoms with Gasteiger partial charge in [-0.25, -0.2) is 0 Å². The lowest BCUT2D eigenvalue weighted by Gasteiger charge is -2.20. The summed E-state index contributed by atoms with van der Waals surface area (Å²) in [5, 5.41) is 3.25. The second kappa shape index (κ2) is 10.3. The Bertz CT molecular complexity index is 1120. The number of furan rings is 1. The zero-order valence-corrected chi connectivity index (χ0v) is 18.8. The van der Waals surface area contributed by atoms with E-state index in [1.165, 1.54) is 6.92 Å². The molecule has 0 fully saturated rings. The maximum atomic E-state index is 12.9. The highest BCUT2D eigenvalue weighted by Crippen LogP contribution is 2.27. The number of ether oxygens (including phenoxy) is 1. The Morgan fingerprint density at radius 3 is 2.31 bits per heavy atom. The second-order valence-electron chi connectivity index (χ2n) is 7.59. The fourth-order valence-electron chi connectivity index (χ4n) is 3.19. The van der Waals surface area contributed by atoms with Gasteiger partial charge in [-0.1, -0.05) is 54.1 Å². The van der Waals surface area contributed by atoms with Gasteiger partial charge in [-0.3, -0.25) is 14.4 Å². The van der Waals surface area contributed by atoms with Gasteiger partial charge < -0.3 is 14.5 Å². The standard InChI is InChI=1S/C25H24ClNO5/c1-15(2)31-24(29)14-21(19-6-4-5-7-20(19)26)27-25(30)23-13-12-22(32-23)18-10-8-17(9-11-18)16(3)28/h4-13,15,21H,14H2,1-3H3,(H,27,30)/t21-/m1/s1. The zero-order chi connectivity index (χ0) is 23.3. The molecule has 0 radical (unpaired) electrons. The topological polar surface area (TPSA) is 85.6 Å². The lowest BCUT2D eigenvalue weighted by Crippen LogP contribution is -2.31. The van der Waals surface area contributed by atoms with Crippen LogP contribution in [0.1, 0.15) is 59.7 Å². The van der Waals surface area contributed by atoms with E-state index in [1.807, 2.05) is 0 Å². The molecule has 0 unspecified atom stereocenters. The summed E-state index contributed by atoms with van der Waals surface area (Å²) >= 11 is 6.31. The normalized spacial score (nSPS) is 11.8. The summed E-state index contributed by atoms with van der Waals surface area (Å²) in [5.41, 5.74) is 1.93. The lowest BCUT2D eigenvalue weighted by molar-refractivity contribution is -0.147. The summed E-state index contributed by atoms with van der Waals surface area (Å²) in [5.74, 6) is -0.392. The SMILES string of the molecule is CC(=O)c1ccc(-c2ccc(C(=O)N[C@H](CC(=O)OC(C)C)c3ccccc3Cl)o2)cc1. The number of esters is 1. The average Bonchev–Trinajstić information content (AvgIpc) is 3.23. The predicted molar refractivity (Wildman–Crippen MR) is 122 cm³/mol. The van der Waals surface area contributed by atoms with Crippen LogP contribution in [0, 0.1) is 0 Å². The van der Waals surface area contributed by atoms with Crippen molar-refractivity contribution in [2.24, 2.45) is 0 Å². The van der Waals surface area contributed by atoms with Crippen molar-refractivity contribution in [1.82, 2.24) is 5.32 Å². The Hall–Kier alpha value is -3.38.